The molecule has 0 rings (SSSR count). The van der Waals surface area contributed by atoms with Gasteiger partial charge in [0.2, 0.25) is 0 Å². The highest BCUT2D eigenvalue weighted by Crippen LogP contribution is 2.11. The van der Waals surface area contributed by atoms with E-state index in [4.69, 9.17) is 0 Å². The summed E-state index contributed by atoms with van der Waals surface area (Å²) < 4.78 is 61.0. The molecule has 0 aliphatic heterocycles. The van der Waals surface area contributed by atoms with E-state index >= 15 is 0 Å². The second-order valence-corrected chi connectivity index (χ2v) is 7.61. The van der Waals surface area contributed by atoms with Crippen molar-refractivity contribution in [2.45, 2.75) is 0 Å². The molecule has 0 amide bonds. The fraction of sp³-hybridized carbons (Fsp3) is 1.00. The van der Waals surface area contributed by atoms with E-state index in [1.807, 2.05) is 0 Å². The molecule has 0 radical (unpaired) electrons. The Morgan fingerprint density at radius 3 is 1.58 bits per heavy atom. The molecule has 0 heterocycles. The number of hydrogen-bond acceptors (Lipinski definition) is 3. The van der Waals surface area contributed by atoms with Gasteiger partial charge in [-0.05, 0) is 0 Å². The normalized spacial score (nSPS) is 13.3. The first kappa shape index (κ1) is 11.9. The van der Waals surface area contributed by atoms with Gasteiger partial charge in [0.05, 0.1) is 6.26 Å². The van der Waals surface area contributed by atoms with Crippen molar-refractivity contribution in [3.8, 4) is 0 Å². The Morgan fingerprint density at radius 1 is 1.17 bits per heavy atom. The number of rotatable bonds is 5. The summed E-state index contributed by atoms with van der Waals surface area (Å²) in [6.45, 7) is 0. The zero-order chi connectivity index (χ0) is 9.83. The van der Waals surface area contributed by atoms with Gasteiger partial charge < -0.3 is 3.87 Å². The average Bonchev–Trinajstić information content (AvgIpc) is 1.99. The SMILES string of the molecule is CS(=O)(=O)O[Si](CF)(CF)CF. The lowest BCUT2D eigenvalue weighted by atomic mass is 11.7. The molecule has 0 atom stereocenters. The highest BCUT2D eigenvalue weighted by molar-refractivity contribution is 7.87. The third-order valence-corrected chi connectivity index (χ3v) is 5.15. The van der Waals surface area contributed by atoms with E-state index in [1.165, 1.54) is 0 Å². The molecule has 0 N–H and O–H groups in total. The van der Waals surface area contributed by atoms with Gasteiger partial charge in [0.15, 0.2) is 0 Å². The molecule has 0 aliphatic carbocycles. The van der Waals surface area contributed by atoms with Gasteiger partial charge in [0.25, 0.3) is 10.1 Å². The Kier molecular flexibility index (Phi) is 4.21. The predicted octanol–water partition coefficient (Wildman–Crippen LogP) is 0.434. The van der Waals surface area contributed by atoms with Gasteiger partial charge in [-0.2, -0.15) is 0 Å². The summed E-state index contributed by atoms with van der Waals surface area (Å²) in [5, 5.41) is 0. The highest BCUT2D eigenvalue weighted by Gasteiger charge is 2.40. The van der Waals surface area contributed by atoms with Crippen molar-refractivity contribution in [1.82, 2.24) is 0 Å². The Hall–Kier alpha value is -0.0831. The molecule has 0 aromatic carbocycles. The largest absolute Gasteiger partial charge is 0.308 e. The van der Waals surface area contributed by atoms with Crippen molar-refractivity contribution in [1.29, 1.82) is 0 Å². The smallest absolute Gasteiger partial charge is 0.307 e. The minimum atomic E-state index is -3.98. The molecule has 0 spiro atoms. The van der Waals surface area contributed by atoms with Crippen molar-refractivity contribution in [2.24, 2.45) is 0 Å². The fourth-order valence-electron chi connectivity index (χ4n) is 0.495. The van der Waals surface area contributed by atoms with Crippen LogP contribution in [-0.2, 0) is 14.0 Å². The number of alkyl halides is 3. The van der Waals surface area contributed by atoms with Crippen LogP contribution < -0.4 is 0 Å². The Bertz CT molecular complexity index is 217. The molecule has 12 heavy (non-hydrogen) atoms. The third kappa shape index (κ3) is 3.54. The lowest BCUT2D eigenvalue weighted by Crippen LogP contribution is -2.49. The summed E-state index contributed by atoms with van der Waals surface area (Å²) in [6.07, 6.45) is -3.51. The molecular weight excluding hydrogens is 213 g/mol. The van der Waals surface area contributed by atoms with E-state index in [9.17, 15) is 21.6 Å². The lowest BCUT2D eigenvalue weighted by molar-refractivity contribution is 0.391. The highest BCUT2D eigenvalue weighted by atomic mass is 32.2. The monoisotopic (exact) mass is 222 g/mol. The lowest BCUT2D eigenvalue weighted by Gasteiger charge is -2.19. The van der Waals surface area contributed by atoms with Gasteiger partial charge in [-0.3, -0.25) is 13.2 Å². The van der Waals surface area contributed by atoms with Gasteiger partial charge in [0.1, 0.15) is 18.9 Å². The molecule has 74 valence electrons. The van der Waals surface area contributed by atoms with Crippen LogP contribution in [0, 0.1) is 0 Å². The van der Waals surface area contributed by atoms with Crippen LogP contribution in [0.2, 0.25) is 0 Å². The molecule has 0 fully saturated rings. The van der Waals surface area contributed by atoms with Crippen molar-refractivity contribution in [3.63, 3.8) is 0 Å². The minimum Gasteiger partial charge on any atom is -0.307 e. The fourth-order valence-corrected chi connectivity index (χ4v) is 3.81. The molecule has 0 aromatic rings. The summed E-state index contributed by atoms with van der Waals surface area (Å²) in [6, 6.07) is 0. The zero-order valence-corrected chi connectivity index (χ0v) is 8.20. The van der Waals surface area contributed by atoms with E-state index in [0.717, 1.165) is 0 Å². The first-order chi connectivity index (χ1) is 5.39. The second-order valence-electron chi connectivity index (χ2n) is 2.37. The molecular formula is C4H9F3O3SSi. The van der Waals surface area contributed by atoms with Crippen molar-refractivity contribution < 1.29 is 25.5 Å². The summed E-state index contributed by atoms with van der Waals surface area (Å²) >= 11 is 0. The van der Waals surface area contributed by atoms with Gasteiger partial charge in [-0.15, -0.1) is 0 Å². The van der Waals surface area contributed by atoms with Crippen molar-refractivity contribution in [3.05, 3.63) is 0 Å². The van der Waals surface area contributed by atoms with Crippen molar-refractivity contribution >= 4 is 18.4 Å². The van der Waals surface area contributed by atoms with Crippen LogP contribution in [0.3, 0.4) is 0 Å². The quantitative estimate of drug-likeness (QED) is 0.634. The Morgan fingerprint density at radius 2 is 1.50 bits per heavy atom. The van der Waals surface area contributed by atoms with Crippen LogP contribution >= 0.6 is 0 Å². The van der Waals surface area contributed by atoms with Gasteiger partial charge in [-0.25, -0.2) is 8.42 Å². The van der Waals surface area contributed by atoms with Crippen LogP contribution in [-0.4, -0.2) is 41.9 Å². The van der Waals surface area contributed by atoms with Gasteiger partial charge in [0, 0.05) is 0 Å². The molecule has 0 bridgehead atoms. The molecule has 0 aromatic heterocycles. The molecule has 3 nitrogen and oxygen atoms in total. The summed E-state index contributed by atoms with van der Waals surface area (Å²) in [7, 11) is -7.92. The maximum Gasteiger partial charge on any atom is 0.308 e. The third-order valence-electron chi connectivity index (χ3n) is 1.06. The molecule has 8 heteroatoms. The van der Waals surface area contributed by atoms with Crippen LogP contribution in [0.25, 0.3) is 0 Å². The molecule has 0 saturated heterocycles. The summed E-state index contributed by atoms with van der Waals surface area (Å²) in [5.74, 6) is 0. The van der Waals surface area contributed by atoms with E-state index in [0.29, 0.717) is 6.26 Å². The minimum absolute atomic E-state index is 0.635. The Labute approximate surface area is 69.8 Å². The first-order valence-corrected chi connectivity index (χ1v) is 7.32. The van der Waals surface area contributed by atoms with Crippen LogP contribution in [0.4, 0.5) is 13.2 Å². The van der Waals surface area contributed by atoms with Crippen LogP contribution in [0.5, 0.6) is 0 Å². The van der Waals surface area contributed by atoms with Crippen LogP contribution in [0.15, 0.2) is 0 Å². The maximum absolute atomic E-state index is 12.0. The van der Waals surface area contributed by atoms with E-state index in [-0.39, 0.29) is 0 Å². The van der Waals surface area contributed by atoms with Gasteiger partial charge >= 0.3 is 8.32 Å². The van der Waals surface area contributed by atoms with E-state index in [2.05, 4.69) is 3.87 Å². The Balaban J connectivity index is 4.52. The first-order valence-electron chi connectivity index (χ1n) is 2.97. The molecule has 0 saturated carbocycles. The average molecular weight is 222 g/mol. The van der Waals surface area contributed by atoms with Crippen molar-refractivity contribution in [2.75, 3.05) is 25.1 Å². The maximum atomic E-state index is 12.0. The molecule has 0 unspecified atom stereocenters. The van der Waals surface area contributed by atoms with E-state index in [1.54, 1.807) is 0 Å². The second kappa shape index (κ2) is 4.24. The predicted molar refractivity (Wildman–Crippen MR) is 39.6 cm³/mol. The zero-order valence-electron chi connectivity index (χ0n) is 6.39. The molecule has 0 aliphatic rings. The topological polar surface area (TPSA) is 43.4 Å². The van der Waals surface area contributed by atoms with E-state index < -0.39 is 37.3 Å². The number of halogens is 3. The summed E-state index contributed by atoms with van der Waals surface area (Å²) in [4.78, 5) is 0. The van der Waals surface area contributed by atoms with Crippen LogP contribution in [0.1, 0.15) is 0 Å². The number of hydrogen-bond donors (Lipinski definition) is 0. The van der Waals surface area contributed by atoms with Gasteiger partial charge in [-0.1, -0.05) is 0 Å². The summed E-state index contributed by atoms with van der Waals surface area (Å²) in [5.41, 5.74) is 0. The standard InChI is InChI=1S/C4H9F3O3SSi/c1-11(8,9)10-12(2-5,3-6)4-7/h2-4H2,1H3.